The van der Waals surface area contributed by atoms with Gasteiger partial charge in [-0.2, -0.15) is 9.61 Å². The topological polar surface area (TPSA) is 55.1 Å². The molecule has 3 aromatic rings. The average Bonchev–Trinajstić information content (AvgIpc) is 3.31. The Bertz CT molecular complexity index is 827. The predicted octanol–water partition coefficient (Wildman–Crippen LogP) is 4.14. The zero-order valence-corrected chi connectivity index (χ0v) is 14.8. The Balaban J connectivity index is 1.76. The molecule has 0 aliphatic heterocycles. The summed E-state index contributed by atoms with van der Waals surface area (Å²) in [5.74, 6) is 1.49. The van der Waals surface area contributed by atoms with E-state index in [-0.39, 0.29) is 0 Å². The van der Waals surface area contributed by atoms with Crippen molar-refractivity contribution in [3.63, 3.8) is 0 Å². The van der Waals surface area contributed by atoms with E-state index >= 15 is 0 Å². The lowest BCUT2D eigenvalue weighted by molar-refractivity contribution is 0.889. The van der Waals surface area contributed by atoms with Gasteiger partial charge in [0.1, 0.15) is 5.82 Å². The van der Waals surface area contributed by atoms with Gasteiger partial charge in [0.25, 0.3) is 0 Å². The summed E-state index contributed by atoms with van der Waals surface area (Å²) in [5.41, 5.74) is 3.08. The summed E-state index contributed by atoms with van der Waals surface area (Å²) < 4.78 is 3.74. The van der Waals surface area contributed by atoms with Gasteiger partial charge in [0.15, 0.2) is 5.65 Å². The normalized spacial score (nSPS) is 14.5. The Morgan fingerprint density at radius 2 is 2.14 bits per heavy atom. The van der Waals surface area contributed by atoms with Crippen LogP contribution in [0.3, 0.4) is 0 Å². The van der Waals surface area contributed by atoms with Crippen LogP contribution >= 0.6 is 31.9 Å². The molecule has 0 aromatic carbocycles. The van der Waals surface area contributed by atoms with Crippen molar-refractivity contribution in [3.05, 3.63) is 50.9 Å². The summed E-state index contributed by atoms with van der Waals surface area (Å²) in [6, 6.07) is 3.99. The third-order valence-electron chi connectivity index (χ3n) is 3.72. The minimum Gasteiger partial charge on any atom is -0.365 e. The highest BCUT2D eigenvalue weighted by Gasteiger charge is 2.30. The van der Waals surface area contributed by atoms with Crippen molar-refractivity contribution in [1.82, 2.24) is 19.6 Å². The Morgan fingerprint density at radius 3 is 2.86 bits per heavy atom. The number of nitrogens with zero attached hydrogens (tertiary/aromatic N) is 4. The van der Waals surface area contributed by atoms with Gasteiger partial charge in [-0.15, -0.1) is 0 Å². The Kier molecular flexibility index (Phi) is 3.62. The van der Waals surface area contributed by atoms with Gasteiger partial charge >= 0.3 is 0 Å². The minimum atomic E-state index is 0.556. The van der Waals surface area contributed by atoms with Crippen LogP contribution in [-0.4, -0.2) is 19.6 Å². The molecule has 4 rings (SSSR count). The number of anilines is 1. The average molecular weight is 423 g/mol. The Labute approximate surface area is 144 Å². The molecule has 1 aliphatic carbocycles. The smallest absolute Gasteiger partial charge is 0.172 e. The number of pyridine rings is 1. The fraction of sp³-hybridized carbons (Fsp3) is 0.267. The summed E-state index contributed by atoms with van der Waals surface area (Å²) in [6.07, 6.45) is 7.83. The van der Waals surface area contributed by atoms with Crippen LogP contribution in [0.1, 0.15) is 30.0 Å². The van der Waals surface area contributed by atoms with Gasteiger partial charge < -0.3 is 5.32 Å². The van der Waals surface area contributed by atoms with E-state index in [1.807, 2.05) is 22.8 Å². The summed E-state index contributed by atoms with van der Waals surface area (Å²) in [6.45, 7) is 0.688. The van der Waals surface area contributed by atoms with E-state index < -0.39 is 0 Å². The maximum atomic E-state index is 4.77. The molecule has 22 heavy (non-hydrogen) atoms. The number of fused-ring (bicyclic) bond motifs is 1. The van der Waals surface area contributed by atoms with Crippen molar-refractivity contribution in [2.75, 3.05) is 5.32 Å². The molecule has 0 atom stereocenters. The second kappa shape index (κ2) is 5.62. The minimum absolute atomic E-state index is 0.556. The molecule has 3 heterocycles. The van der Waals surface area contributed by atoms with Crippen molar-refractivity contribution in [3.8, 4) is 0 Å². The zero-order chi connectivity index (χ0) is 15.1. The van der Waals surface area contributed by atoms with E-state index in [9.17, 15) is 0 Å². The molecule has 3 aromatic heterocycles. The third kappa shape index (κ3) is 2.52. The van der Waals surface area contributed by atoms with Gasteiger partial charge in [0.05, 0.1) is 20.8 Å². The van der Waals surface area contributed by atoms with Crippen molar-refractivity contribution < 1.29 is 0 Å². The van der Waals surface area contributed by atoms with E-state index in [2.05, 4.69) is 47.3 Å². The highest BCUT2D eigenvalue weighted by atomic mass is 79.9. The van der Waals surface area contributed by atoms with Crippen LogP contribution in [0.2, 0.25) is 0 Å². The molecule has 0 spiro atoms. The molecular formula is C15H13Br2N5. The lowest BCUT2D eigenvalue weighted by atomic mass is 10.2. The molecule has 112 valence electrons. The lowest BCUT2D eigenvalue weighted by Crippen LogP contribution is -2.09. The highest BCUT2D eigenvalue weighted by molar-refractivity contribution is 9.11. The first-order valence-electron chi connectivity index (χ1n) is 7.09. The van der Waals surface area contributed by atoms with E-state index in [1.54, 1.807) is 12.4 Å². The second-order valence-electron chi connectivity index (χ2n) is 5.38. The number of nitrogens with one attached hydrogen (secondary N) is 1. The van der Waals surface area contributed by atoms with Crippen LogP contribution in [0.15, 0.2) is 39.7 Å². The first-order chi connectivity index (χ1) is 10.7. The van der Waals surface area contributed by atoms with E-state index in [4.69, 9.17) is 4.98 Å². The summed E-state index contributed by atoms with van der Waals surface area (Å²) in [4.78, 5) is 8.91. The molecule has 1 N–H and O–H groups in total. The summed E-state index contributed by atoms with van der Waals surface area (Å²) in [7, 11) is 0. The molecule has 1 fully saturated rings. The van der Waals surface area contributed by atoms with Gasteiger partial charge in [0, 0.05) is 24.9 Å². The highest BCUT2D eigenvalue weighted by Crippen LogP contribution is 2.44. The fourth-order valence-electron chi connectivity index (χ4n) is 2.43. The van der Waals surface area contributed by atoms with Crippen molar-refractivity contribution >= 4 is 43.3 Å². The number of halogens is 2. The quantitative estimate of drug-likeness (QED) is 0.686. The van der Waals surface area contributed by atoms with Crippen LogP contribution in [0.5, 0.6) is 0 Å². The van der Waals surface area contributed by atoms with E-state index in [0.29, 0.717) is 12.5 Å². The molecule has 1 saturated carbocycles. The third-order valence-corrected chi connectivity index (χ3v) is 5.06. The molecule has 5 nitrogen and oxygen atoms in total. The van der Waals surface area contributed by atoms with E-state index in [1.165, 1.54) is 12.8 Å². The summed E-state index contributed by atoms with van der Waals surface area (Å²) in [5, 5.41) is 7.87. The number of hydrogen-bond acceptors (Lipinski definition) is 4. The van der Waals surface area contributed by atoms with Crippen molar-refractivity contribution in [2.24, 2.45) is 0 Å². The maximum absolute atomic E-state index is 4.77. The molecule has 0 amide bonds. The fourth-order valence-corrected chi connectivity index (χ4v) is 3.50. The maximum Gasteiger partial charge on any atom is 0.172 e. The molecule has 1 aliphatic rings. The molecule has 0 saturated heterocycles. The molecule has 0 radical (unpaired) electrons. The standard InChI is InChI=1S/C15H13Br2N5/c16-11-8-20-22-14(11)21-13(10-3-4-10)12(17)15(22)19-7-9-2-1-5-18-6-9/h1-2,5-6,8,10,19H,3-4,7H2. The van der Waals surface area contributed by atoms with Gasteiger partial charge in [-0.3, -0.25) is 4.98 Å². The SMILES string of the molecule is Brc1c(C2CC2)nc2c(Br)cnn2c1NCc1cccnc1. The number of hydrogen-bond donors (Lipinski definition) is 1. The monoisotopic (exact) mass is 421 g/mol. The van der Waals surface area contributed by atoms with Crippen LogP contribution in [0.25, 0.3) is 5.65 Å². The predicted molar refractivity (Wildman–Crippen MR) is 91.9 cm³/mol. The first-order valence-corrected chi connectivity index (χ1v) is 8.68. The molecule has 0 unspecified atom stereocenters. The summed E-state index contributed by atoms with van der Waals surface area (Å²) >= 11 is 7.24. The number of aromatic nitrogens is 4. The largest absolute Gasteiger partial charge is 0.365 e. The first kappa shape index (κ1) is 14.1. The van der Waals surface area contributed by atoms with Crippen molar-refractivity contribution in [1.29, 1.82) is 0 Å². The van der Waals surface area contributed by atoms with Gasteiger partial charge in [0.2, 0.25) is 0 Å². The van der Waals surface area contributed by atoms with E-state index in [0.717, 1.165) is 31.7 Å². The van der Waals surface area contributed by atoms with Crippen LogP contribution < -0.4 is 5.32 Å². The molecular weight excluding hydrogens is 410 g/mol. The second-order valence-corrected chi connectivity index (χ2v) is 7.02. The zero-order valence-electron chi connectivity index (χ0n) is 11.6. The molecule has 0 bridgehead atoms. The Morgan fingerprint density at radius 1 is 1.27 bits per heavy atom. The van der Waals surface area contributed by atoms with Crippen LogP contribution in [0, 0.1) is 0 Å². The van der Waals surface area contributed by atoms with Crippen molar-refractivity contribution in [2.45, 2.75) is 25.3 Å². The van der Waals surface area contributed by atoms with Crippen LogP contribution in [-0.2, 0) is 6.54 Å². The van der Waals surface area contributed by atoms with Crippen LogP contribution in [0.4, 0.5) is 5.82 Å². The lowest BCUT2D eigenvalue weighted by Gasteiger charge is -2.13. The number of rotatable bonds is 4. The Hall–Kier alpha value is -1.47. The molecule has 7 heteroatoms. The van der Waals surface area contributed by atoms with Gasteiger partial charge in [-0.1, -0.05) is 6.07 Å². The van der Waals surface area contributed by atoms with Gasteiger partial charge in [-0.05, 0) is 56.3 Å². The van der Waals surface area contributed by atoms with Gasteiger partial charge in [-0.25, -0.2) is 4.98 Å².